The zero-order chi connectivity index (χ0) is 22.8. The van der Waals surface area contributed by atoms with Crippen molar-refractivity contribution in [3.63, 3.8) is 0 Å². The monoisotopic (exact) mass is 463 g/mol. The summed E-state index contributed by atoms with van der Waals surface area (Å²) in [5, 5.41) is 7.09. The molecule has 3 aromatic rings. The molecule has 0 atom stereocenters. The zero-order valence-electron chi connectivity index (χ0n) is 17.7. The molecule has 0 radical (unpaired) electrons. The van der Waals surface area contributed by atoms with Crippen molar-refractivity contribution in [2.45, 2.75) is 18.7 Å². The van der Waals surface area contributed by atoms with Gasteiger partial charge in [0.05, 0.1) is 9.77 Å². The van der Waals surface area contributed by atoms with E-state index in [1.165, 1.54) is 23.5 Å². The predicted octanol–water partition coefficient (Wildman–Crippen LogP) is 1.81. The lowest BCUT2D eigenvalue weighted by molar-refractivity contribution is 0.0951. The van der Waals surface area contributed by atoms with Crippen LogP contribution in [-0.4, -0.2) is 61.2 Å². The second kappa shape index (κ2) is 9.14. The molecular weight excluding hydrogens is 438 g/mol. The van der Waals surface area contributed by atoms with Crippen LogP contribution in [0.5, 0.6) is 0 Å². The summed E-state index contributed by atoms with van der Waals surface area (Å²) in [4.78, 5) is 20.4. The number of aryl methyl sites for hydroxylation is 2. The van der Waals surface area contributed by atoms with Crippen LogP contribution in [0.2, 0.25) is 0 Å². The van der Waals surface area contributed by atoms with E-state index < -0.39 is 10.0 Å². The summed E-state index contributed by atoms with van der Waals surface area (Å²) in [7, 11) is 0.141. The van der Waals surface area contributed by atoms with Gasteiger partial charge in [-0.25, -0.2) is 13.1 Å². The highest BCUT2D eigenvalue weighted by Gasteiger charge is 2.20. The first kappa shape index (κ1) is 22.9. The molecule has 1 aromatic carbocycles. The molecular formula is C19H25N7O3S2. The second-order valence-corrected chi connectivity index (χ2v) is 10.3. The quantitative estimate of drug-likeness (QED) is 0.460. The summed E-state index contributed by atoms with van der Waals surface area (Å²) in [5.74, 6) is -0.252. The largest absolute Gasteiger partial charge is 0.368 e. The van der Waals surface area contributed by atoms with Crippen molar-refractivity contribution >= 4 is 44.9 Å². The number of hydrogen-bond acceptors (Lipinski definition) is 9. The molecule has 0 aliphatic rings. The minimum absolute atomic E-state index is 0.0396. The highest BCUT2D eigenvalue weighted by Crippen LogP contribution is 2.23. The van der Waals surface area contributed by atoms with E-state index >= 15 is 0 Å². The normalized spacial score (nSPS) is 11.8. The van der Waals surface area contributed by atoms with Crippen LogP contribution in [0.3, 0.4) is 0 Å². The van der Waals surface area contributed by atoms with Crippen LogP contribution in [0, 0.1) is 13.8 Å². The van der Waals surface area contributed by atoms with Gasteiger partial charge in [-0.05, 0) is 63.8 Å². The molecule has 0 saturated heterocycles. The van der Waals surface area contributed by atoms with Crippen LogP contribution in [-0.2, 0) is 10.0 Å². The smallest absolute Gasteiger partial charge is 0.291 e. The molecule has 31 heavy (non-hydrogen) atoms. The molecule has 3 rings (SSSR count). The van der Waals surface area contributed by atoms with Crippen molar-refractivity contribution in [3.05, 3.63) is 45.6 Å². The molecule has 2 aromatic heterocycles. The third kappa shape index (κ3) is 5.47. The van der Waals surface area contributed by atoms with Gasteiger partial charge in [0.25, 0.3) is 5.91 Å². The number of likely N-dealkylation sites (N-methyl/N-ethyl adjacent to an activating group) is 1. The van der Waals surface area contributed by atoms with Crippen LogP contribution >= 0.6 is 11.3 Å². The van der Waals surface area contributed by atoms with Crippen LogP contribution < -0.4 is 15.8 Å². The number of aromatic nitrogens is 3. The fourth-order valence-electron chi connectivity index (χ4n) is 2.81. The zero-order valence-corrected chi connectivity index (χ0v) is 19.3. The average molecular weight is 464 g/mol. The number of sulfonamides is 1. The number of nitrogens with zero attached hydrogens (tertiary/aromatic N) is 4. The SMILES string of the molecule is Cc1cc(C)c(C(=O)n2nc(Nc3ccc(S(=O)(=O)NCCN(C)C)cc3)nc2N)s1. The number of rotatable bonds is 8. The molecule has 0 spiro atoms. The van der Waals surface area contributed by atoms with E-state index in [1.54, 1.807) is 12.1 Å². The Morgan fingerprint density at radius 2 is 1.90 bits per heavy atom. The Kier molecular flexibility index (Phi) is 6.74. The van der Waals surface area contributed by atoms with Crippen molar-refractivity contribution in [2.75, 3.05) is 38.2 Å². The maximum absolute atomic E-state index is 12.7. The maximum atomic E-state index is 12.7. The molecule has 0 saturated carbocycles. The third-order valence-electron chi connectivity index (χ3n) is 4.33. The van der Waals surface area contributed by atoms with Crippen LogP contribution in [0.25, 0.3) is 0 Å². The Hall–Kier alpha value is -2.80. The van der Waals surface area contributed by atoms with E-state index in [1.807, 2.05) is 38.9 Å². The van der Waals surface area contributed by atoms with Gasteiger partial charge < -0.3 is 16.0 Å². The summed E-state index contributed by atoms with van der Waals surface area (Å²) < 4.78 is 28.3. The minimum Gasteiger partial charge on any atom is -0.368 e. The summed E-state index contributed by atoms with van der Waals surface area (Å²) in [5.41, 5.74) is 7.29. The number of carbonyl (C=O) groups is 1. The van der Waals surface area contributed by atoms with Crippen molar-refractivity contribution in [2.24, 2.45) is 0 Å². The Morgan fingerprint density at radius 3 is 2.48 bits per heavy atom. The number of nitrogens with two attached hydrogens (primary N) is 1. The first-order valence-electron chi connectivity index (χ1n) is 9.42. The van der Waals surface area contributed by atoms with Gasteiger partial charge in [0.15, 0.2) is 0 Å². The molecule has 0 fully saturated rings. The lowest BCUT2D eigenvalue weighted by Gasteiger charge is -2.11. The highest BCUT2D eigenvalue weighted by atomic mass is 32.2. The molecule has 0 aliphatic heterocycles. The minimum atomic E-state index is -3.60. The summed E-state index contributed by atoms with van der Waals surface area (Å²) in [6.07, 6.45) is 0. The van der Waals surface area contributed by atoms with Gasteiger partial charge in [0, 0.05) is 23.7 Å². The number of anilines is 3. The first-order valence-corrected chi connectivity index (χ1v) is 11.7. The van der Waals surface area contributed by atoms with Gasteiger partial charge >= 0.3 is 0 Å². The molecule has 0 aliphatic carbocycles. The van der Waals surface area contributed by atoms with E-state index in [0.29, 0.717) is 23.7 Å². The second-order valence-electron chi connectivity index (χ2n) is 7.23. The Morgan fingerprint density at radius 1 is 1.23 bits per heavy atom. The van der Waals surface area contributed by atoms with Crippen molar-refractivity contribution in [1.82, 2.24) is 24.4 Å². The fourth-order valence-corrected chi connectivity index (χ4v) is 4.78. The van der Waals surface area contributed by atoms with E-state index in [9.17, 15) is 13.2 Å². The van der Waals surface area contributed by atoms with Gasteiger partial charge in [-0.1, -0.05) is 0 Å². The molecule has 0 amide bonds. The number of nitrogens with one attached hydrogen (secondary N) is 2. The molecule has 0 bridgehead atoms. The average Bonchev–Trinajstić information content (AvgIpc) is 3.22. The number of hydrogen-bond donors (Lipinski definition) is 3. The first-order chi connectivity index (χ1) is 14.6. The van der Waals surface area contributed by atoms with Gasteiger partial charge in [-0.15, -0.1) is 16.4 Å². The van der Waals surface area contributed by atoms with Gasteiger partial charge in [0.1, 0.15) is 0 Å². The summed E-state index contributed by atoms with van der Waals surface area (Å²) in [6.45, 7) is 4.69. The third-order valence-corrected chi connectivity index (χ3v) is 6.95. The molecule has 0 unspecified atom stereocenters. The number of nitrogen functional groups attached to an aromatic ring is 1. The van der Waals surface area contributed by atoms with E-state index in [-0.39, 0.29) is 22.7 Å². The van der Waals surface area contributed by atoms with Gasteiger partial charge in [-0.2, -0.15) is 9.67 Å². The molecule has 12 heteroatoms. The lowest BCUT2D eigenvalue weighted by Crippen LogP contribution is -2.31. The number of thiophene rings is 1. The van der Waals surface area contributed by atoms with Gasteiger partial charge in [-0.3, -0.25) is 4.79 Å². The highest BCUT2D eigenvalue weighted by molar-refractivity contribution is 7.89. The maximum Gasteiger partial charge on any atom is 0.291 e. The van der Waals surface area contributed by atoms with E-state index in [2.05, 4.69) is 20.1 Å². The lowest BCUT2D eigenvalue weighted by atomic mass is 10.2. The molecule has 10 nitrogen and oxygen atoms in total. The Balaban J connectivity index is 1.72. The Bertz CT molecular complexity index is 1180. The van der Waals surface area contributed by atoms with Crippen molar-refractivity contribution < 1.29 is 13.2 Å². The summed E-state index contributed by atoms with van der Waals surface area (Å²) in [6, 6.07) is 8.06. The van der Waals surface area contributed by atoms with Crippen LogP contribution in [0.15, 0.2) is 35.2 Å². The van der Waals surface area contributed by atoms with E-state index in [4.69, 9.17) is 5.73 Å². The fraction of sp³-hybridized carbons (Fsp3) is 0.316. The summed E-state index contributed by atoms with van der Waals surface area (Å²) >= 11 is 1.37. The van der Waals surface area contributed by atoms with Gasteiger partial charge in [0.2, 0.25) is 21.9 Å². The van der Waals surface area contributed by atoms with Crippen LogP contribution in [0.4, 0.5) is 17.6 Å². The van der Waals surface area contributed by atoms with E-state index in [0.717, 1.165) is 15.1 Å². The topological polar surface area (TPSA) is 135 Å². The molecule has 4 N–H and O–H groups in total. The van der Waals surface area contributed by atoms with Crippen molar-refractivity contribution in [1.29, 1.82) is 0 Å². The Labute approximate surface area is 185 Å². The molecule has 166 valence electrons. The van der Waals surface area contributed by atoms with Crippen molar-refractivity contribution in [3.8, 4) is 0 Å². The number of benzene rings is 1. The standard InChI is InChI=1S/C19H25N7O3S2/c1-12-11-13(2)30-16(12)17(27)26-18(20)23-19(24-26)22-14-5-7-15(8-6-14)31(28,29)21-9-10-25(3)4/h5-8,11,21H,9-10H2,1-4H3,(H3,20,22,23,24). The number of carbonyl (C=O) groups excluding carboxylic acids is 1. The van der Waals surface area contributed by atoms with Crippen LogP contribution in [0.1, 0.15) is 20.1 Å². The predicted molar refractivity (Wildman–Crippen MR) is 121 cm³/mol. The molecule has 2 heterocycles.